The zero-order valence-electron chi connectivity index (χ0n) is 14.5. The van der Waals surface area contributed by atoms with E-state index in [1.807, 2.05) is 37.3 Å². The summed E-state index contributed by atoms with van der Waals surface area (Å²) < 4.78 is 1.05. The SMILES string of the molecule is C[C@H](NC(=O)C[NH+]1CCN(c2ccccc2)CC1)c1ccc(Br)cc1. The first kappa shape index (κ1) is 18.0. The molecule has 1 amide bonds. The molecule has 0 saturated carbocycles. The lowest BCUT2D eigenvalue weighted by Crippen LogP contribution is -3.15. The van der Waals surface area contributed by atoms with E-state index in [0.717, 1.165) is 36.2 Å². The van der Waals surface area contributed by atoms with E-state index in [1.165, 1.54) is 10.6 Å². The summed E-state index contributed by atoms with van der Waals surface area (Å²) >= 11 is 3.44. The summed E-state index contributed by atoms with van der Waals surface area (Å²) in [5.41, 5.74) is 2.40. The van der Waals surface area contributed by atoms with Gasteiger partial charge in [0.1, 0.15) is 0 Å². The lowest BCUT2D eigenvalue weighted by molar-refractivity contribution is -0.892. The molecule has 132 valence electrons. The van der Waals surface area contributed by atoms with Gasteiger partial charge in [-0.2, -0.15) is 0 Å². The standard InChI is InChI=1S/C20H24BrN3O/c1-16(17-7-9-18(21)10-8-17)22-20(25)15-23-11-13-24(14-12-23)19-5-3-2-4-6-19/h2-10,16H,11-15H2,1H3,(H,22,25)/p+1/t16-/m0/s1. The minimum atomic E-state index is 0.0330. The maximum Gasteiger partial charge on any atom is 0.275 e. The normalized spacial score (nSPS) is 16.5. The Morgan fingerprint density at radius 3 is 2.40 bits per heavy atom. The molecule has 1 aliphatic rings. The minimum absolute atomic E-state index is 0.0330. The molecule has 3 rings (SSSR count). The fourth-order valence-corrected chi connectivity index (χ4v) is 3.52. The third-order valence-electron chi connectivity index (χ3n) is 4.75. The van der Waals surface area contributed by atoms with Crippen LogP contribution in [-0.4, -0.2) is 38.6 Å². The summed E-state index contributed by atoms with van der Waals surface area (Å²) in [6.45, 7) is 6.56. The van der Waals surface area contributed by atoms with Crippen molar-refractivity contribution in [3.63, 3.8) is 0 Å². The van der Waals surface area contributed by atoms with Crippen LogP contribution < -0.4 is 15.1 Å². The Labute approximate surface area is 158 Å². The Morgan fingerprint density at radius 1 is 1.12 bits per heavy atom. The highest BCUT2D eigenvalue weighted by Crippen LogP contribution is 2.16. The number of benzene rings is 2. The number of halogens is 1. The average molecular weight is 403 g/mol. The number of hydrogen-bond donors (Lipinski definition) is 2. The van der Waals surface area contributed by atoms with Crippen LogP contribution in [0.1, 0.15) is 18.5 Å². The van der Waals surface area contributed by atoms with Crippen molar-refractivity contribution in [1.29, 1.82) is 0 Å². The van der Waals surface area contributed by atoms with Crippen LogP contribution >= 0.6 is 15.9 Å². The number of nitrogens with one attached hydrogen (secondary N) is 2. The van der Waals surface area contributed by atoms with Crippen LogP contribution in [0, 0.1) is 0 Å². The molecule has 1 saturated heterocycles. The zero-order valence-corrected chi connectivity index (χ0v) is 16.1. The number of para-hydroxylation sites is 1. The zero-order chi connectivity index (χ0) is 17.6. The Morgan fingerprint density at radius 2 is 1.76 bits per heavy atom. The molecule has 0 aromatic heterocycles. The summed E-state index contributed by atoms with van der Waals surface area (Å²) in [6.07, 6.45) is 0. The first-order valence-corrected chi connectivity index (χ1v) is 9.59. The lowest BCUT2D eigenvalue weighted by Gasteiger charge is -2.33. The van der Waals surface area contributed by atoms with Crippen molar-refractivity contribution >= 4 is 27.5 Å². The van der Waals surface area contributed by atoms with E-state index in [9.17, 15) is 4.79 Å². The van der Waals surface area contributed by atoms with Crippen LogP contribution in [0.2, 0.25) is 0 Å². The maximum absolute atomic E-state index is 12.4. The van der Waals surface area contributed by atoms with E-state index in [1.54, 1.807) is 0 Å². The molecule has 1 atom stereocenters. The van der Waals surface area contributed by atoms with Crippen molar-refractivity contribution in [2.24, 2.45) is 0 Å². The molecule has 0 spiro atoms. The number of nitrogens with zero attached hydrogens (tertiary/aromatic N) is 1. The third kappa shape index (κ3) is 5.06. The van der Waals surface area contributed by atoms with Gasteiger partial charge in [-0.05, 0) is 36.8 Å². The summed E-state index contributed by atoms with van der Waals surface area (Å²) in [4.78, 5) is 16.1. The average Bonchev–Trinajstić information content (AvgIpc) is 2.63. The largest absolute Gasteiger partial charge is 0.360 e. The van der Waals surface area contributed by atoms with E-state index in [2.05, 4.69) is 50.4 Å². The molecule has 0 radical (unpaired) electrons. The van der Waals surface area contributed by atoms with Crippen LogP contribution in [0.15, 0.2) is 59.1 Å². The van der Waals surface area contributed by atoms with Gasteiger partial charge < -0.3 is 15.1 Å². The Kier molecular flexibility index (Phi) is 6.10. The summed E-state index contributed by atoms with van der Waals surface area (Å²) in [6, 6.07) is 18.6. The molecule has 2 aromatic rings. The molecule has 0 unspecified atom stereocenters. The van der Waals surface area contributed by atoms with Gasteiger partial charge in [0.2, 0.25) is 0 Å². The monoisotopic (exact) mass is 402 g/mol. The van der Waals surface area contributed by atoms with Crippen LogP contribution in [0.3, 0.4) is 0 Å². The van der Waals surface area contributed by atoms with E-state index in [4.69, 9.17) is 0 Å². The van der Waals surface area contributed by atoms with Crippen molar-refractivity contribution < 1.29 is 9.69 Å². The molecule has 5 heteroatoms. The second kappa shape index (κ2) is 8.50. The van der Waals surface area contributed by atoms with E-state index >= 15 is 0 Å². The Hall–Kier alpha value is -1.85. The van der Waals surface area contributed by atoms with Gasteiger partial charge in [0.05, 0.1) is 32.2 Å². The van der Waals surface area contributed by atoms with E-state index in [0.29, 0.717) is 6.54 Å². The van der Waals surface area contributed by atoms with Crippen LogP contribution in [-0.2, 0) is 4.79 Å². The summed E-state index contributed by atoms with van der Waals surface area (Å²) in [5, 5.41) is 3.12. The van der Waals surface area contributed by atoms with E-state index < -0.39 is 0 Å². The molecule has 25 heavy (non-hydrogen) atoms. The predicted molar refractivity (Wildman–Crippen MR) is 105 cm³/mol. The van der Waals surface area contributed by atoms with Gasteiger partial charge >= 0.3 is 0 Å². The molecular weight excluding hydrogens is 378 g/mol. The second-order valence-corrected chi connectivity index (χ2v) is 7.51. The first-order valence-electron chi connectivity index (χ1n) is 8.80. The lowest BCUT2D eigenvalue weighted by atomic mass is 10.1. The van der Waals surface area contributed by atoms with Crippen LogP contribution in [0.25, 0.3) is 0 Å². The number of anilines is 1. The van der Waals surface area contributed by atoms with Crippen molar-refractivity contribution in [1.82, 2.24) is 5.32 Å². The first-order chi connectivity index (χ1) is 12.1. The summed E-state index contributed by atoms with van der Waals surface area (Å²) in [5.74, 6) is 0.124. The molecule has 2 N–H and O–H groups in total. The Balaban J connectivity index is 1.45. The number of hydrogen-bond acceptors (Lipinski definition) is 2. The van der Waals surface area contributed by atoms with Crippen molar-refractivity contribution in [2.75, 3.05) is 37.6 Å². The van der Waals surface area contributed by atoms with Crippen molar-refractivity contribution in [3.8, 4) is 0 Å². The van der Waals surface area contributed by atoms with E-state index in [-0.39, 0.29) is 11.9 Å². The maximum atomic E-state index is 12.4. The molecule has 0 aliphatic carbocycles. The van der Waals surface area contributed by atoms with Gasteiger partial charge in [-0.25, -0.2) is 0 Å². The van der Waals surface area contributed by atoms with Gasteiger partial charge in [0.25, 0.3) is 5.91 Å². The second-order valence-electron chi connectivity index (χ2n) is 6.59. The quantitative estimate of drug-likeness (QED) is 0.802. The van der Waals surface area contributed by atoms with Gasteiger partial charge in [0, 0.05) is 10.2 Å². The van der Waals surface area contributed by atoms with Crippen LogP contribution in [0.5, 0.6) is 0 Å². The van der Waals surface area contributed by atoms with Crippen molar-refractivity contribution in [3.05, 3.63) is 64.6 Å². The minimum Gasteiger partial charge on any atom is -0.360 e. The number of piperazine rings is 1. The number of carbonyl (C=O) groups is 1. The predicted octanol–water partition coefficient (Wildman–Crippen LogP) is 2.03. The molecule has 4 nitrogen and oxygen atoms in total. The molecule has 1 aliphatic heterocycles. The van der Waals surface area contributed by atoms with Crippen molar-refractivity contribution in [2.45, 2.75) is 13.0 Å². The molecule has 2 aromatic carbocycles. The molecule has 1 heterocycles. The topological polar surface area (TPSA) is 36.8 Å². The Bertz CT molecular complexity index is 682. The third-order valence-corrected chi connectivity index (χ3v) is 5.28. The van der Waals surface area contributed by atoms with Gasteiger partial charge in [-0.3, -0.25) is 4.79 Å². The fourth-order valence-electron chi connectivity index (χ4n) is 3.25. The smallest absolute Gasteiger partial charge is 0.275 e. The number of quaternary nitrogens is 1. The number of carbonyl (C=O) groups excluding carboxylic acids is 1. The van der Waals surface area contributed by atoms with Gasteiger partial charge in [-0.1, -0.05) is 46.3 Å². The van der Waals surface area contributed by atoms with Gasteiger partial charge in [-0.15, -0.1) is 0 Å². The molecular formula is C20H25BrN3O+. The highest BCUT2D eigenvalue weighted by Gasteiger charge is 2.23. The number of amides is 1. The van der Waals surface area contributed by atoms with Crippen LogP contribution in [0.4, 0.5) is 5.69 Å². The highest BCUT2D eigenvalue weighted by molar-refractivity contribution is 9.10. The summed E-state index contributed by atoms with van der Waals surface area (Å²) in [7, 11) is 0. The van der Waals surface area contributed by atoms with Gasteiger partial charge in [0.15, 0.2) is 6.54 Å². The number of rotatable bonds is 5. The fraction of sp³-hybridized carbons (Fsp3) is 0.350. The molecule has 0 bridgehead atoms. The molecule has 1 fully saturated rings. The highest BCUT2D eigenvalue weighted by atomic mass is 79.9.